The fourth-order valence-corrected chi connectivity index (χ4v) is 4.20. The van der Waals surface area contributed by atoms with Gasteiger partial charge in [-0.1, -0.05) is 60.7 Å². The van der Waals surface area contributed by atoms with Crippen molar-refractivity contribution in [3.8, 4) is 17.2 Å². The molecule has 0 radical (unpaired) electrons. The number of para-hydroxylation sites is 1. The Labute approximate surface area is 191 Å². The highest BCUT2D eigenvalue weighted by Gasteiger charge is 2.12. The van der Waals surface area contributed by atoms with Gasteiger partial charge in [0.05, 0.1) is 11.6 Å². The predicted octanol–water partition coefficient (Wildman–Crippen LogP) is 4.48. The van der Waals surface area contributed by atoms with Gasteiger partial charge in [-0.25, -0.2) is 0 Å². The zero-order valence-electron chi connectivity index (χ0n) is 18.0. The van der Waals surface area contributed by atoms with Crippen molar-refractivity contribution in [2.75, 3.05) is 0 Å². The van der Waals surface area contributed by atoms with Crippen molar-refractivity contribution in [1.82, 2.24) is 4.57 Å². The van der Waals surface area contributed by atoms with E-state index in [0.717, 1.165) is 45.0 Å². The zero-order chi connectivity index (χ0) is 23.4. The maximum atomic E-state index is 9.39. The van der Waals surface area contributed by atoms with E-state index in [9.17, 15) is 5.26 Å². The Hall–Kier alpha value is -4.44. The number of rotatable bonds is 4. The molecule has 0 fully saturated rings. The molecule has 0 saturated heterocycles. The summed E-state index contributed by atoms with van der Waals surface area (Å²) in [4.78, 5) is 0. The number of fused-ring (bicyclic) bond motifs is 3. The number of hydrogen-bond acceptors (Lipinski definition) is 4. The Bertz CT molecular complexity index is 1490. The lowest BCUT2D eigenvalue weighted by Crippen LogP contribution is -2.10. The molecule has 162 valence electrons. The Balaban J connectivity index is 0.00000126. The lowest BCUT2D eigenvalue weighted by molar-refractivity contribution is 0.869. The molecule has 5 aromatic rings. The molecule has 0 spiro atoms. The first-order valence-electron chi connectivity index (χ1n) is 10.4. The number of hydrogen-bond donors (Lipinski definition) is 4. The third-order valence-electron chi connectivity index (χ3n) is 5.74. The minimum atomic E-state index is 0.0759. The molecule has 7 N–H and O–H groups in total. The first-order chi connectivity index (χ1) is 16.2. The van der Waals surface area contributed by atoms with Crippen LogP contribution in [0.4, 0.5) is 0 Å². The van der Waals surface area contributed by atoms with E-state index in [2.05, 4.69) is 58.7 Å². The van der Waals surface area contributed by atoms with Crippen LogP contribution in [-0.2, 0) is 6.54 Å². The number of aromatic nitrogens is 1. The normalized spacial score (nSPS) is 10.5. The van der Waals surface area contributed by atoms with Gasteiger partial charge in [-0.15, -0.1) is 0 Å². The van der Waals surface area contributed by atoms with Gasteiger partial charge in [0.1, 0.15) is 5.84 Å². The number of nitrogens with two attached hydrogens (primary N) is 3. The summed E-state index contributed by atoms with van der Waals surface area (Å²) < 4.78 is 2.30. The van der Waals surface area contributed by atoms with Crippen molar-refractivity contribution in [3.05, 3.63) is 108 Å². The van der Waals surface area contributed by atoms with Crippen molar-refractivity contribution < 1.29 is 0 Å². The summed E-state index contributed by atoms with van der Waals surface area (Å²) in [5, 5.41) is 19.4. The summed E-state index contributed by atoms with van der Waals surface area (Å²) in [5.41, 5.74) is 12.6. The van der Waals surface area contributed by atoms with Crippen molar-refractivity contribution in [1.29, 1.82) is 10.7 Å². The number of nitrogens with zero attached hydrogens (tertiary/aromatic N) is 2. The second-order valence-electron chi connectivity index (χ2n) is 7.60. The molecular weight excluding hydrogens is 408 g/mol. The zero-order valence-corrected chi connectivity index (χ0v) is 18.0. The molecule has 1 aromatic heterocycles. The van der Waals surface area contributed by atoms with Crippen molar-refractivity contribution >= 4 is 27.6 Å². The number of nitrogens with one attached hydrogen (secondary N) is 1. The van der Waals surface area contributed by atoms with Gasteiger partial charge in [0.2, 0.25) is 0 Å². The van der Waals surface area contributed by atoms with Gasteiger partial charge in [0, 0.05) is 33.9 Å². The van der Waals surface area contributed by atoms with Gasteiger partial charge >= 0.3 is 0 Å². The molecule has 0 atom stereocenters. The molecule has 33 heavy (non-hydrogen) atoms. The van der Waals surface area contributed by atoms with Crippen LogP contribution in [0.15, 0.2) is 91.0 Å². The van der Waals surface area contributed by atoms with E-state index in [-0.39, 0.29) is 5.84 Å². The van der Waals surface area contributed by atoms with Crippen LogP contribution < -0.4 is 17.4 Å². The molecule has 0 aliphatic heterocycles. The van der Waals surface area contributed by atoms with Crippen molar-refractivity contribution in [3.63, 3.8) is 0 Å². The van der Waals surface area contributed by atoms with Gasteiger partial charge < -0.3 is 10.3 Å². The Morgan fingerprint density at radius 1 is 0.818 bits per heavy atom. The van der Waals surface area contributed by atoms with Gasteiger partial charge in [0.25, 0.3) is 0 Å². The Kier molecular flexibility index (Phi) is 6.18. The monoisotopic (exact) mass is 432 g/mol. The van der Waals surface area contributed by atoms with Crippen LogP contribution in [0.2, 0.25) is 0 Å². The minimum absolute atomic E-state index is 0.0759. The van der Waals surface area contributed by atoms with Gasteiger partial charge in [-0.3, -0.25) is 17.1 Å². The second-order valence-corrected chi connectivity index (χ2v) is 7.60. The van der Waals surface area contributed by atoms with Crippen LogP contribution in [0.25, 0.3) is 32.9 Å². The standard InChI is InChI=1S/C27H20N4.H4N2/c28-16-21-5-1-2-6-22(21)19-11-9-18(10-12-19)17-31-25-8-4-3-7-23(25)24-15-20(27(29)30)13-14-26(24)31;1-2/h1-15H,17H2,(H3,29,30);1-2H2. The molecule has 0 unspecified atom stereocenters. The highest BCUT2D eigenvalue weighted by molar-refractivity contribution is 6.10. The molecule has 0 bridgehead atoms. The smallest absolute Gasteiger partial charge is 0.122 e. The van der Waals surface area contributed by atoms with Crippen LogP contribution in [0.3, 0.4) is 0 Å². The van der Waals surface area contributed by atoms with Crippen LogP contribution in [-0.4, -0.2) is 10.4 Å². The van der Waals surface area contributed by atoms with E-state index in [1.54, 1.807) is 0 Å². The Morgan fingerprint density at radius 3 is 2.21 bits per heavy atom. The summed E-state index contributed by atoms with van der Waals surface area (Å²) in [6.45, 7) is 0.726. The average molecular weight is 433 g/mol. The van der Waals surface area contributed by atoms with Crippen LogP contribution in [0.1, 0.15) is 16.7 Å². The van der Waals surface area contributed by atoms with E-state index in [1.807, 2.05) is 54.6 Å². The van der Waals surface area contributed by atoms with Gasteiger partial charge in [-0.05, 0) is 47.0 Å². The number of nitrogen functional groups attached to an aromatic ring is 1. The van der Waals surface area contributed by atoms with E-state index in [0.29, 0.717) is 5.56 Å². The molecule has 4 aromatic carbocycles. The molecule has 5 rings (SSSR count). The SMILES string of the molecule is N#Cc1ccccc1-c1ccc(Cn2c3ccccc3c3cc(C(=N)N)ccc32)cc1.NN. The number of amidine groups is 1. The first-order valence-corrected chi connectivity index (χ1v) is 10.4. The van der Waals surface area contributed by atoms with Crippen LogP contribution in [0, 0.1) is 16.7 Å². The van der Waals surface area contributed by atoms with E-state index in [1.165, 1.54) is 5.56 Å². The highest BCUT2D eigenvalue weighted by Crippen LogP contribution is 2.31. The maximum Gasteiger partial charge on any atom is 0.122 e. The highest BCUT2D eigenvalue weighted by atomic mass is 15.0. The predicted molar refractivity (Wildman–Crippen MR) is 135 cm³/mol. The quantitative estimate of drug-likeness (QED) is 0.144. The fraction of sp³-hybridized carbons (Fsp3) is 0.0370. The van der Waals surface area contributed by atoms with E-state index < -0.39 is 0 Å². The summed E-state index contributed by atoms with van der Waals surface area (Å²) in [5.74, 6) is 8.08. The maximum absolute atomic E-state index is 9.39. The first kappa shape index (κ1) is 21.8. The molecule has 0 aliphatic rings. The lowest BCUT2D eigenvalue weighted by Gasteiger charge is -2.10. The van der Waals surface area contributed by atoms with E-state index >= 15 is 0 Å². The van der Waals surface area contributed by atoms with Crippen LogP contribution in [0.5, 0.6) is 0 Å². The summed E-state index contributed by atoms with van der Waals surface area (Å²) >= 11 is 0. The average Bonchev–Trinajstić information content (AvgIpc) is 3.18. The molecule has 0 saturated carbocycles. The number of nitriles is 1. The summed E-state index contributed by atoms with van der Waals surface area (Å²) in [7, 11) is 0. The number of benzene rings is 4. The molecule has 0 aliphatic carbocycles. The van der Waals surface area contributed by atoms with Crippen molar-refractivity contribution in [2.24, 2.45) is 17.4 Å². The minimum Gasteiger partial charge on any atom is -0.384 e. The van der Waals surface area contributed by atoms with Gasteiger partial charge in [-0.2, -0.15) is 5.26 Å². The number of hydrazine groups is 1. The largest absolute Gasteiger partial charge is 0.384 e. The molecule has 0 amide bonds. The van der Waals surface area contributed by atoms with Crippen molar-refractivity contribution in [2.45, 2.75) is 6.54 Å². The van der Waals surface area contributed by atoms with Crippen LogP contribution >= 0.6 is 0 Å². The van der Waals surface area contributed by atoms with E-state index in [4.69, 9.17) is 11.1 Å². The fourth-order valence-electron chi connectivity index (χ4n) is 4.20. The summed E-state index contributed by atoms with van der Waals surface area (Å²) in [6.07, 6.45) is 0. The third-order valence-corrected chi connectivity index (χ3v) is 5.74. The Morgan fingerprint density at radius 2 is 1.48 bits per heavy atom. The summed E-state index contributed by atoms with van der Waals surface area (Å²) in [6, 6.07) is 32.6. The molecular formula is C27H24N6. The topological polar surface area (TPSA) is 131 Å². The molecule has 6 heteroatoms. The third kappa shape index (κ3) is 4.06. The lowest BCUT2D eigenvalue weighted by atomic mass is 9.99. The molecule has 1 heterocycles. The molecule has 6 nitrogen and oxygen atoms in total. The van der Waals surface area contributed by atoms with Gasteiger partial charge in [0.15, 0.2) is 0 Å². The second kappa shape index (κ2) is 9.37.